The van der Waals surface area contributed by atoms with E-state index in [1.54, 1.807) is 0 Å². The molecular weight excluding hydrogens is 423 g/mol. The fourth-order valence-corrected chi connectivity index (χ4v) is 3.93. The minimum atomic E-state index is -0.728. The van der Waals surface area contributed by atoms with E-state index in [0.29, 0.717) is 22.6 Å². The van der Waals surface area contributed by atoms with Crippen LogP contribution < -0.4 is 15.8 Å². The Morgan fingerprint density at radius 3 is 2.84 bits per heavy atom. The molecule has 3 aromatic heterocycles. The molecule has 0 saturated heterocycles. The first kappa shape index (κ1) is 20.5. The van der Waals surface area contributed by atoms with Gasteiger partial charge < -0.3 is 15.5 Å². The summed E-state index contributed by atoms with van der Waals surface area (Å²) in [5, 5.41) is 2.46. The molecule has 1 amide bonds. The number of fused-ring (bicyclic) bond motifs is 1. The monoisotopic (exact) mass is 440 g/mol. The molecule has 0 radical (unpaired) electrons. The van der Waals surface area contributed by atoms with Gasteiger partial charge in [0.1, 0.15) is 10.5 Å². The smallest absolute Gasteiger partial charge is 0.255 e. The molecular formula is C19H17FN8O2S. The van der Waals surface area contributed by atoms with Gasteiger partial charge in [-0.25, -0.2) is 15.0 Å². The van der Waals surface area contributed by atoms with Crippen LogP contribution in [0.4, 0.5) is 16.3 Å². The van der Waals surface area contributed by atoms with Crippen LogP contribution in [0, 0.1) is 5.82 Å². The summed E-state index contributed by atoms with van der Waals surface area (Å²) >= 11 is 1.20. The molecule has 0 spiro atoms. The van der Waals surface area contributed by atoms with Gasteiger partial charge in [-0.3, -0.25) is 10.1 Å². The predicted molar refractivity (Wildman–Crippen MR) is 113 cm³/mol. The quantitative estimate of drug-likeness (QED) is 0.291. The molecule has 31 heavy (non-hydrogen) atoms. The number of halogens is 1. The zero-order valence-electron chi connectivity index (χ0n) is 16.2. The molecule has 0 aliphatic rings. The molecule has 0 aliphatic carbocycles. The van der Waals surface area contributed by atoms with Crippen molar-refractivity contribution in [3.63, 3.8) is 0 Å². The van der Waals surface area contributed by atoms with Crippen LogP contribution in [0.15, 0.2) is 47.9 Å². The first-order chi connectivity index (χ1) is 15.0. The SMILES string of the molecule is COc1nc(NC(=O)[C@@H](Cc2ccccc2)Sc2nc(N)nc3nc[nH]c23)ncc1F. The molecule has 3 heterocycles. The number of hydrogen-bond acceptors (Lipinski definition) is 9. The van der Waals surface area contributed by atoms with Crippen LogP contribution >= 0.6 is 11.8 Å². The van der Waals surface area contributed by atoms with Gasteiger partial charge in [-0.15, -0.1) is 0 Å². The van der Waals surface area contributed by atoms with Crippen LogP contribution in [0.5, 0.6) is 5.88 Å². The topological polar surface area (TPSA) is 145 Å². The highest BCUT2D eigenvalue weighted by Gasteiger charge is 2.25. The van der Waals surface area contributed by atoms with Crippen molar-refractivity contribution < 1.29 is 13.9 Å². The molecule has 12 heteroatoms. The van der Waals surface area contributed by atoms with Gasteiger partial charge in [0.05, 0.1) is 24.9 Å². The number of nitrogen functional groups attached to an aromatic ring is 1. The second kappa shape index (κ2) is 8.92. The summed E-state index contributed by atoms with van der Waals surface area (Å²) in [6.45, 7) is 0. The number of amides is 1. The lowest BCUT2D eigenvalue weighted by Crippen LogP contribution is -2.28. The highest BCUT2D eigenvalue weighted by atomic mass is 32.2. The number of benzene rings is 1. The number of thioether (sulfide) groups is 1. The Bertz CT molecular complexity index is 1220. The minimum Gasteiger partial charge on any atom is -0.479 e. The highest BCUT2D eigenvalue weighted by Crippen LogP contribution is 2.30. The maximum atomic E-state index is 13.6. The second-order valence-corrected chi connectivity index (χ2v) is 7.52. The lowest BCUT2D eigenvalue weighted by atomic mass is 10.1. The Morgan fingerprint density at radius 2 is 2.06 bits per heavy atom. The Kier molecular flexibility index (Phi) is 5.89. The van der Waals surface area contributed by atoms with E-state index in [2.05, 4.69) is 35.2 Å². The number of anilines is 2. The van der Waals surface area contributed by atoms with E-state index >= 15 is 0 Å². The second-order valence-electron chi connectivity index (χ2n) is 6.32. The molecule has 158 valence electrons. The molecule has 1 atom stereocenters. The number of rotatable bonds is 7. The van der Waals surface area contributed by atoms with Crippen LogP contribution in [0.3, 0.4) is 0 Å². The van der Waals surface area contributed by atoms with Crippen molar-refractivity contribution in [1.82, 2.24) is 29.9 Å². The van der Waals surface area contributed by atoms with Gasteiger partial charge in [-0.05, 0) is 12.0 Å². The number of nitrogens with one attached hydrogen (secondary N) is 2. The third kappa shape index (κ3) is 4.69. The van der Waals surface area contributed by atoms with Gasteiger partial charge in [0.2, 0.25) is 23.6 Å². The van der Waals surface area contributed by atoms with Crippen LogP contribution in [-0.4, -0.2) is 48.2 Å². The number of methoxy groups -OCH3 is 1. The summed E-state index contributed by atoms with van der Waals surface area (Å²) in [5.74, 6) is -1.41. The number of aromatic nitrogens is 6. The van der Waals surface area contributed by atoms with E-state index in [0.717, 1.165) is 11.8 Å². The standard InChI is InChI=1S/C19H17FN8O2S/c1-30-16-11(20)8-22-19(27-16)26-15(29)12(7-10-5-3-2-4-6-10)31-17-13-14(24-9-23-13)25-18(21)28-17/h2-6,8-9,12H,7H2,1H3,(H,22,26,27,29)(H3,21,23,24,25,28)/t12-/m1/s1. The van der Waals surface area contributed by atoms with Crippen molar-refractivity contribution in [2.45, 2.75) is 16.7 Å². The predicted octanol–water partition coefficient (Wildman–Crippen LogP) is 2.21. The van der Waals surface area contributed by atoms with Gasteiger partial charge in [0.25, 0.3) is 5.88 Å². The summed E-state index contributed by atoms with van der Waals surface area (Å²) in [4.78, 5) is 36.2. The fourth-order valence-electron chi connectivity index (χ4n) is 2.80. The van der Waals surface area contributed by atoms with E-state index in [1.165, 1.54) is 25.2 Å². The summed E-state index contributed by atoms with van der Waals surface area (Å²) in [6, 6.07) is 9.50. The van der Waals surface area contributed by atoms with E-state index in [9.17, 15) is 9.18 Å². The largest absolute Gasteiger partial charge is 0.479 e. The van der Waals surface area contributed by atoms with Gasteiger partial charge in [0, 0.05) is 0 Å². The maximum absolute atomic E-state index is 13.6. The van der Waals surface area contributed by atoms with E-state index in [-0.39, 0.29) is 17.8 Å². The van der Waals surface area contributed by atoms with Crippen LogP contribution in [-0.2, 0) is 11.2 Å². The van der Waals surface area contributed by atoms with E-state index in [4.69, 9.17) is 10.5 Å². The van der Waals surface area contributed by atoms with E-state index < -0.39 is 17.0 Å². The molecule has 10 nitrogen and oxygen atoms in total. The van der Waals surface area contributed by atoms with Gasteiger partial charge in [0.15, 0.2) is 5.65 Å². The first-order valence-corrected chi connectivity index (χ1v) is 9.96. The van der Waals surface area contributed by atoms with Crippen molar-refractivity contribution in [2.75, 3.05) is 18.2 Å². The van der Waals surface area contributed by atoms with Crippen LogP contribution in [0.2, 0.25) is 0 Å². The van der Waals surface area contributed by atoms with Crippen molar-refractivity contribution >= 4 is 40.7 Å². The summed E-state index contributed by atoms with van der Waals surface area (Å²) in [7, 11) is 1.28. The molecule has 4 aromatic rings. The van der Waals surface area contributed by atoms with Gasteiger partial charge in [-0.1, -0.05) is 42.1 Å². The van der Waals surface area contributed by atoms with E-state index in [1.807, 2.05) is 30.3 Å². The Balaban J connectivity index is 1.63. The number of nitrogens with two attached hydrogens (primary N) is 1. The van der Waals surface area contributed by atoms with Crippen molar-refractivity contribution in [1.29, 1.82) is 0 Å². The number of H-pyrrole nitrogens is 1. The Labute approximate surface area is 179 Å². The number of hydrogen-bond donors (Lipinski definition) is 3. The lowest BCUT2D eigenvalue weighted by molar-refractivity contribution is -0.115. The minimum absolute atomic E-state index is 0.0487. The fraction of sp³-hybridized carbons (Fsp3) is 0.158. The highest BCUT2D eigenvalue weighted by molar-refractivity contribution is 8.00. The van der Waals surface area contributed by atoms with Gasteiger partial charge >= 0.3 is 0 Å². The van der Waals surface area contributed by atoms with Crippen molar-refractivity contribution in [2.24, 2.45) is 0 Å². The average molecular weight is 440 g/mol. The Morgan fingerprint density at radius 1 is 1.26 bits per heavy atom. The normalized spacial score (nSPS) is 11.9. The zero-order valence-corrected chi connectivity index (χ0v) is 17.1. The summed E-state index contributed by atoms with van der Waals surface area (Å²) in [5.41, 5.74) is 7.72. The zero-order chi connectivity index (χ0) is 21.8. The third-order valence-corrected chi connectivity index (χ3v) is 5.40. The number of carbonyl (C=O) groups excluding carboxylic acids is 1. The van der Waals surface area contributed by atoms with Crippen LogP contribution in [0.1, 0.15) is 5.56 Å². The lowest BCUT2D eigenvalue weighted by Gasteiger charge is -2.16. The van der Waals surface area contributed by atoms with Crippen molar-refractivity contribution in [3.05, 3.63) is 54.2 Å². The molecule has 4 rings (SSSR count). The first-order valence-electron chi connectivity index (χ1n) is 9.08. The summed E-state index contributed by atoms with van der Waals surface area (Å²) < 4.78 is 18.4. The molecule has 0 saturated carbocycles. The number of carbonyl (C=O) groups is 1. The van der Waals surface area contributed by atoms with Gasteiger partial charge in [-0.2, -0.15) is 14.4 Å². The maximum Gasteiger partial charge on any atom is 0.255 e. The number of aromatic amines is 1. The molecule has 1 aromatic carbocycles. The van der Waals surface area contributed by atoms with Crippen molar-refractivity contribution in [3.8, 4) is 5.88 Å². The average Bonchev–Trinajstić information content (AvgIpc) is 3.24. The molecule has 0 fully saturated rings. The molecule has 0 aliphatic heterocycles. The Hall–Kier alpha value is -3.80. The molecule has 0 bridgehead atoms. The third-order valence-electron chi connectivity index (χ3n) is 4.22. The molecule has 0 unspecified atom stereocenters. The number of imidazole rings is 1. The van der Waals surface area contributed by atoms with Crippen LogP contribution in [0.25, 0.3) is 11.2 Å². The number of nitrogens with zero attached hydrogens (tertiary/aromatic N) is 5. The molecule has 4 N–H and O–H groups in total. The number of ether oxygens (including phenoxy) is 1. The summed E-state index contributed by atoms with van der Waals surface area (Å²) in [6.07, 6.45) is 2.79.